The number of fused-ring (bicyclic) bond motifs is 1. The molecule has 0 bridgehead atoms. The second-order valence-corrected chi connectivity index (χ2v) is 10.3. The minimum absolute atomic E-state index is 0.145. The van der Waals surface area contributed by atoms with Gasteiger partial charge in [-0.15, -0.1) is 0 Å². The van der Waals surface area contributed by atoms with E-state index in [4.69, 9.17) is 25.5 Å². The number of furan rings is 1. The highest BCUT2D eigenvalue weighted by molar-refractivity contribution is 6.30. The Morgan fingerprint density at radius 3 is 2.46 bits per heavy atom. The van der Waals surface area contributed by atoms with Crippen molar-refractivity contribution in [2.75, 3.05) is 13.2 Å². The van der Waals surface area contributed by atoms with Crippen molar-refractivity contribution in [3.63, 3.8) is 0 Å². The molecule has 0 amide bonds. The summed E-state index contributed by atoms with van der Waals surface area (Å²) in [5, 5.41) is 1.52. The first-order valence-corrected chi connectivity index (χ1v) is 12.5. The molecule has 2 aromatic heterocycles. The first-order chi connectivity index (χ1) is 17.6. The van der Waals surface area contributed by atoms with Gasteiger partial charge in [-0.25, -0.2) is 19.1 Å². The molecule has 1 N–H and O–H groups in total. The second-order valence-electron chi connectivity index (χ2n) is 9.82. The zero-order valence-corrected chi connectivity index (χ0v) is 22.0. The van der Waals surface area contributed by atoms with E-state index in [2.05, 4.69) is 9.98 Å². The highest BCUT2D eigenvalue weighted by Crippen LogP contribution is 2.28. The van der Waals surface area contributed by atoms with E-state index in [-0.39, 0.29) is 24.6 Å². The number of nitrogens with zero attached hydrogens (tertiary/aromatic N) is 3. The van der Waals surface area contributed by atoms with E-state index in [1.54, 1.807) is 18.2 Å². The average Bonchev–Trinajstić information content (AvgIpc) is 3.14. The van der Waals surface area contributed by atoms with Crippen molar-refractivity contribution in [1.82, 2.24) is 14.1 Å². The normalized spacial score (nSPS) is 16.5. The number of hydrogen-bond acceptors (Lipinski definition) is 6. The number of hydrogen-bond donors (Lipinski definition) is 1. The van der Waals surface area contributed by atoms with Crippen molar-refractivity contribution in [2.45, 2.75) is 46.6 Å². The van der Waals surface area contributed by atoms with Gasteiger partial charge in [-0.3, -0.25) is 9.55 Å². The van der Waals surface area contributed by atoms with E-state index in [9.17, 15) is 9.59 Å². The van der Waals surface area contributed by atoms with E-state index < -0.39 is 17.2 Å². The molecule has 0 aliphatic carbocycles. The van der Waals surface area contributed by atoms with Crippen LogP contribution in [0.1, 0.15) is 30.7 Å². The summed E-state index contributed by atoms with van der Waals surface area (Å²) in [7, 11) is 0. The smallest absolute Gasteiger partial charge is 0.335 e. The number of rotatable bonds is 5. The molecule has 4 aromatic rings. The molecule has 0 unspecified atom stereocenters. The lowest BCUT2D eigenvalue weighted by molar-refractivity contribution is -0.263. The molecule has 1 aliphatic heterocycles. The van der Waals surface area contributed by atoms with E-state index in [0.29, 0.717) is 23.9 Å². The highest BCUT2D eigenvalue weighted by Gasteiger charge is 2.29. The summed E-state index contributed by atoms with van der Waals surface area (Å²) < 4.78 is 19.8. The Kier molecular flexibility index (Phi) is 6.70. The second kappa shape index (κ2) is 9.81. The van der Waals surface area contributed by atoms with Crippen LogP contribution in [0.3, 0.4) is 0 Å². The number of ether oxygens (including phenoxy) is 2. The SMILES string of the molecule is Cc1oc2ccc(/N=c3\[nH]c(=O)n(CC4COC(C)(C)OC4)c(=O)n3Cc3ccc(Cl)cc3)cc2c1C. The first kappa shape index (κ1) is 25.3. The summed E-state index contributed by atoms with van der Waals surface area (Å²) in [5.41, 5.74) is 2.33. The van der Waals surface area contributed by atoms with E-state index in [1.165, 1.54) is 9.13 Å². The maximum Gasteiger partial charge on any atom is 0.335 e. The Morgan fingerprint density at radius 2 is 1.76 bits per heavy atom. The van der Waals surface area contributed by atoms with Crippen molar-refractivity contribution < 1.29 is 13.9 Å². The van der Waals surface area contributed by atoms with Gasteiger partial charge in [0.1, 0.15) is 11.3 Å². The summed E-state index contributed by atoms with van der Waals surface area (Å²) in [6.45, 7) is 8.68. The van der Waals surface area contributed by atoms with Gasteiger partial charge < -0.3 is 13.9 Å². The van der Waals surface area contributed by atoms with Crippen molar-refractivity contribution in [3.8, 4) is 0 Å². The van der Waals surface area contributed by atoms with Gasteiger partial charge in [0.25, 0.3) is 0 Å². The quantitative estimate of drug-likeness (QED) is 0.424. The zero-order chi connectivity index (χ0) is 26.3. The lowest BCUT2D eigenvalue weighted by Crippen LogP contribution is -2.52. The number of benzene rings is 2. The largest absolute Gasteiger partial charge is 0.461 e. The van der Waals surface area contributed by atoms with Crippen molar-refractivity contribution in [3.05, 3.63) is 91.0 Å². The average molecular weight is 525 g/mol. The van der Waals surface area contributed by atoms with Gasteiger partial charge in [-0.05, 0) is 69.2 Å². The van der Waals surface area contributed by atoms with Gasteiger partial charge in [-0.1, -0.05) is 23.7 Å². The lowest BCUT2D eigenvalue weighted by Gasteiger charge is -2.34. The Labute approximate surface area is 217 Å². The lowest BCUT2D eigenvalue weighted by atomic mass is 10.1. The maximum absolute atomic E-state index is 13.7. The van der Waals surface area contributed by atoms with Crippen LogP contribution in [0.25, 0.3) is 11.0 Å². The molecule has 5 rings (SSSR count). The number of H-pyrrole nitrogens is 1. The summed E-state index contributed by atoms with van der Waals surface area (Å²) in [5.74, 6) is 0.00582. The Hall–Kier alpha value is -3.40. The fourth-order valence-corrected chi connectivity index (χ4v) is 4.46. The Bertz CT molecular complexity index is 1630. The minimum Gasteiger partial charge on any atom is -0.461 e. The third-order valence-electron chi connectivity index (χ3n) is 6.60. The first-order valence-electron chi connectivity index (χ1n) is 12.1. The molecule has 2 aromatic carbocycles. The van der Waals surface area contributed by atoms with Crippen molar-refractivity contribution >= 4 is 28.3 Å². The molecule has 3 heterocycles. The molecular formula is C27H29ClN4O5. The number of aryl methyl sites for hydroxylation is 2. The van der Waals surface area contributed by atoms with Gasteiger partial charge >= 0.3 is 11.4 Å². The molecular weight excluding hydrogens is 496 g/mol. The van der Waals surface area contributed by atoms with Gasteiger partial charge in [-0.2, -0.15) is 0 Å². The Balaban J connectivity index is 1.60. The Morgan fingerprint density at radius 1 is 1.05 bits per heavy atom. The topological polar surface area (TPSA) is 104 Å². The molecule has 0 spiro atoms. The standard InChI is InChI=1S/C27H29ClN4O5/c1-16-17(2)37-23-10-9-21(11-22(16)23)29-24-30-25(33)32(13-19-14-35-27(3,4)36-15-19)26(34)31(24)12-18-5-7-20(28)8-6-18/h5-11,19H,12-15H2,1-4H3,(H,29,30,33). The molecule has 0 saturated carbocycles. The van der Waals surface area contributed by atoms with Crippen LogP contribution in [0.15, 0.2) is 61.5 Å². The summed E-state index contributed by atoms with van der Waals surface area (Å²) >= 11 is 6.05. The van der Waals surface area contributed by atoms with Gasteiger partial charge in [0.2, 0.25) is 5.62 Å². The number of aromatic amines is 1. The van der Waals surface area contributed by atoms with Gasteiger partial charge in [0.05, 0.1) is 25.4 Å². The van der Waals surface area contributed by atoms with E-state index in [1.807, 2.05) is 52.0 Å². The number of halogens is 1. The monoisotopic (exact) mass is 524 g/mol. The predicted octanol–water partition coefficient (Wildman–Crippen LogP) is 4.03. The predicted molar refractivity (Wildman–Crippen MR) is 140 cm³/mol. The molecule has 1 saturated heterocycles. The highest BCUT2D eigenvalue weighted by atomic mass is 35.5. The van der Waals surface area contributed by atoms with Crippen LogP contribution in [0.2, 0.25) is 5.02 Å². The third kappa shape index (κ3) is 5.34. The molecule has 10 heteroatoms. The number of nitrogens with one attached hydrogen (secondary N) is 1. The van der Waals surface area contributed by atoms with Crippen LogP contribution in [0.4, 0.5) is 5.69 Å². The van der Waals surface area contributed by atoms with E-state index >= 15 is 0 Å². The maximum atomic E-state index is 13.7. The summed E-state index contributed by atoms with van der Waals surface area (Å²) in [6.07, 6.45) is 0. The zero-order valence-electron chi connectivity index (χ0n) is 21.2. The van der Waals surface area contributed by atoms with Crippen LogP contribution in [-0.2, 0) is 22.6 Å². The molecule has 0 atom stereocenters. The molecule has 9 nitrogen and oxygen atoms in total. The van der Waals surface area contributed by atoms with Crippen molar-refractivity contribution in [1.29, 1.82) is 0 Å². The number of aromatic nitrogens is 3. The molecule has 0 radical (unpaired) electrons. The fraction of sp³-hybridized carbons (Fsp3) is 0.370. The van der Waals surface area contributed by atoms with Crippen LogP contribution in [-0.4, -0.2) is 33.1 Å². The molecule has 1 fully saturated rings. The minimum atomic E-state index is -0.682. The third-order valence-corrected chi connectivity index (χ3v) is 6.85. The van der Waals surface area contributed by atoms with Crippen LogP contribution >= 0.6 is 11.6 Å². The summed E-state index contributed by atoms with van der Waals surface area (Å²) in [6, 6.07) is 12.7. The van der Waals surface area contributed by atoms with Crippen molar-refractivity contribution in [2.24, 2.45) is 10.9 Å². The van der Waals surface area contributed by atoms with Crippen LogP contribution < -0.4 is 17.0 Å². The van der Waals surface area contributed by atoms with Gasteiger partial charge in [0, 0.05) is 22.9 Å². The fourth-order valence-electron chi connectivity index (χ4n) is 4.33. The van der Waals surface area contributed by atoms with Gasteiger partial charge in [0.15, 0.2) is 5.79 Å². The summed E-state index contributed by atoms with van der Waals surface area (Å²) in [4.78, 5) is 34.2. The molecule has 37 heavy (non-hydrogen) atoms. The van der Waals surface area contributed by atoms with E-state index in [0.717, 1.165) is 27.9 Å². The molecule has 1 aliphatic rings. The van der Waals surface area contributed by atoms with Crippen LogP contribution in [0.5, 0.6) is 0 Å². The van der Waals surface area contributed by atoms with Crippen LogP contribution in [0, 0.1) is 19.8 Å². The molecule has 194 valence electrons.